The summed E-state index contributed by atoms with van der Waals surface area (Å²) in [5.41, 5.74) is 3.28. The molecule has 0 bridgehead atoms. The smallest absolute Gasteiger partial charge is 0.230 e. The van der Waals surface area contributed by atoms with Crippen molar-refractivity contribution >= 4 is 33.4 Å². The number of nitrogens with zero attached hydrogens (tertiary/aromatic N) is 3. The van der Waals surface area contributed by atoms with Crippen LogP contribution in [0.25, 0.3) is 11.0 Å². The summed E-state index contributed by atoms with van der Waals surface area (Å²) in [5, 5.41) is 5.33. The number of aryl methyl sites for hydroxylation is 1. The van der Waals surface area contributed by atoms with Gasteiger partial charge in [0.25, 0.3) is 0 Å². The molecule has 3 heterocycles. The summed E-state index contributed by atoms with van der Waals surface area (Å²) in [6, 6.07) is 12.9. The van der Waals surface area contributed by atoms with E-state index in [9.17, 15) is 4.79 Å². The van der Waals surface area contributed by atoms with Crippen LogP contribution >= 0.6 is 11.3 Å². The van der Waals surface area contributed by atoms with Crippen molar-refractivity contribution in [3.8, 4) is 11.5 Å². The quantitative estimate of drug-likeness (QED) is 0.560. The van der Waals surface area contributed by atoms with Gasteiger partial charge in [0.15, 0.2) is 10.9 Å². The minimum atomic E-state index is -0.0950. The monoisotopic (exact) mass is 376 g/mol. The molecule has 134 valence electrons. The van der Waals surface area contributed by atoms with Crippen LogP contribution in [0.4, 0.5) is 5.13 Å². The maximum absolute atomic E-state index is 12.1. The zero-order chi connectivity index (χ0) is 18.6. The molecule has 1 N–H and O–H groups in total. The fourth-order valence-corrected chi connectivity index (χ4v) is 3.30. The molecule has 6 nitrogen and oxygen atoms in total. The molecule has 0 spiro atoms. The first-order valence-corrected chi connectivity index (χ1v) is 9.24. The molecule has 0 fully saturated rings. The lowest BCUT2D eigenvalue weighted by molar-refractivity contribution is -0.115. The normalized spacial score (nSPS) is 10.7. The molecule has 0 aliphatic heterocycles. The molecule has 4 rings (SSSR count). The zero-order valence-electron chi connectivity index (χ0n) is 14.5. The van der Waals surface area contributed by atoms with Crippen LogP contribution in [0, 0.1) is 6.92 Å². The second-order valence-corrected chi connectivity index (χ2v) is 6.80. The average Bonchev–Trinajstić information content (AvgIpc) is 3.08. The first-order valence-electron chi connectivity index (χ1n) is 8.36. The van der Waals surface area contributed by atoms with Gasteiger partial charge in [0.05, 0.1) is 17.6 Å². The lowest BCUT2D eigenvalue weighted by atomic mass is 10.1. The van der Waals surface area contributed by atoms with Gasteiger partial charge in [0.1, 0.15) is 11.3 Å². The van der Waals surface area contributed by atoms with Crippen LogP contribution in [-0.2, 0) is 11.2 Å². The van der Waals surface area contributed by atoms with Crippen LogP contribution in [0.3, 0.4) is 0 Å². The Morgan fingerprint density at radius 2 is 1.96 bits per heavy atom. The number of rotatable bonds is 5. The number of carbonyl (C=O) groups excluding carboxylic acids is 1. The molecule has 1 aromatic carbocycles. The number of aromatic nitrogens is 3. The number of pyridine rings is 2. The van der Waals surface area contributed by atoms with E-state index in [2.05, 4.69) is 20.3 Å². The van der Waals surface area contributed by atoms with Gasteiger partial charge < -0.3 is 10.1 Å². The van der Waals surface area contributed by atoms with Crippen LogP contribution in [0.1, 0.15) is 11.3 Å². The molecule has 0 atom stereocenters. The maximum Gasteiger partial charge on any atom is 0.230 e. The number of anilines is 1. The first-order chi connectivity index (χ1) is 13.2. The van der Waals surface area contributed by atoms with Crippen molar-refractivity contribution in [3.05, 3.63) is 71.5 Å². The third-order valence-corrected chi connectivity index (χ3v) is 4.72. The second-order valence-electron chi connectivity index (χ2n) is 5.95. The number of benzene rings is 1. The summed E-state index contributed by atoms with van der Waals surface area (Å²) in [7, 11) is 0. The van der Waals surface area contributed by atoms with Crippen LogP contribution in [0.2, 0.25) is 0 Å². The van der Waals surface area contributed by atoms with E-state index in [4.69, 9.17) is 4.74 Å². The van der Waals surface area contributed by atoms with Crippen LogP contribution < -0.4 is 10.1 Å². The minimum Gasteiger partial charge on any atom is -0.455 e. The SMILES string of the molecule is Cc1csc(NC(=O)Cc2ccc(Oc3ccnc4cccnc34)cc2)n1. The third kappa shape index (κ3) is 4.09. The van der Waals surface area contributed by atoms with E-state index in [0.29, 0.717) is 22.1 Å². The molecule has 0 saturated heterocycles. The van der Waals surface area contributed by atoms with Crippen molar-refractivity contribution < 1.29 is 9.53 Å². The molecule has 4 aromatic rings. The van der Waals surface area contributed by atoms with Crippen molar-refractivity contribution in [1.82, 2.24) is 15.0 Å². The van der Waals surface area contributed by atoms with Crippen molar-refractivity contribution in [3.63, 3.8) is 0 Å². The topological polar surface area (TPSA) is 77.0 Å². The standard InChI is InChI=1S/C20H16N4O2S/c1-13-12-27-20(23-13)24-18(25)11-14-4-6-15(7-5-14)26-17-8-10-21-16-3-2-9-22-19(16)17/h2-10,12H,11H2,1H3,(H,23,24,25). The van der Waals surface area contributed by atoms with Gasteiger partial charge in [0, 0.05) is 23.8 Å². The highest BCUT2D eigenvalue weighted by atomic mass is 32.1. The van der Waals surface area contributed by atoms with Crippen molar-refractivity contribution in [2.75, 3.05) is 5.32 Å². The Hall–Kier alpha value is -3.32. The summed E-state index contributed by atoms with van der Waals surface area (Å²) in [6.07, 6.45) is 3.68. The Bertz CT molecular complexity index is 1090. The van der Waals surface area contributed by atoms with Gasteiger partial charge in [-0.2, -0.15) is 0 Å². The molecule has 1 amide bonds. The van der Waals surface area contributed by atoms with Gasteiger partial charge in [-0.15, -0.1) is 11.3 Å². The zero-order valence-corrected chi connectivity index (χ0v) is 15.4. The minimum absolute atomic E-state index is 0.0950. The lowest BCUT2D eigenvalue weighted by Crippen LogP contribution is -2.14. The number of ether oxygens (including phenoxy) is 1. The summed E-state index contributed by atoms with van der Waals surface area (Å²) in [5.74, 6) is 1.22. The largest absolute Gasteiger partial charge is 0.455 e. The first kappa shape index (κ1) is 17.1. The molecule has 0 unspecified atom stereocenters. The van der Waals surface area contributed by atoms with Gasteiger partial charge in [-0.05, 0) is 36.8 Å². The van der Waals surface area contributed by atoms with Gasteiger partial charge in [-0.3, -0.25) is 14.8 Å². The van der Waals surface area contributed by atoms with Crippen LogP contribution in [-0.4, -0.2) is 20.9 Å². The fraction of sp³-hybridized carbons (Fsp3) is 0.100. The molecule has 0 aliphatic rings. The highest BCUT2D eigenvalue weighted by Crippen LogP contribution is 2.27. The molecule has 0 aliphatic carbocycles. The number of carbonyl (C=O) groups is 1. The van der Waals surface area contributed by atoms with E-state index < -0.39 is 0 Å². The third-order valence-electron chi connectivity index (χ3n) is 3.84. The molecule has 7 heteroatoms. The van der Waals surface area contributed by atoms with Crippen molar-refractivity contribution in [2.45, 2.75) is 13.3 Å². The van der Waals surface area contributed by atoms with E-state index in [1.807, 2.05) is 48.7 Å². The summed E-state index contributed by atoms with van der Waals surface area (Å²) < 4.78 is 5.94. The lowest BCUT2D eigenvalue weighted by Gasteiger charge is -2.08. The van der Waals surface area contributed by atoms with Crippen molar-refractivity contribution in [1.29, 1.82) is 0 Å². The second kappa shape index (κ2) is 7.51. The van der Waals surface area contributed by atoms with E-state index >= 15 is 0 Å². The predicted octanol–water partition coefficient (Wildman–Crippen LogP) is 4.37. The molecular formula is C20H16N4O2S. The number of hydrogen-bond donors (Lipinski definition) is 1. The Labute approximate surface area is 159 Å². The predicted molar refractivity (Wildman–Crippen MR) is 105 cm³/mol. The molecular weight excluding hydrogens is 360 g/mol. The van der Waals surface area contributed by atoms with E-state index in [1.165, 1.54) is 11.3 Å². The highest BCUT2D eigenvalue weighted by Gasteiger charge is 2.08. The molecule has 3 aromatic heterocycles. The molecule has 0 saturated carbocycles. The summed E-state index contributed by atoms with van der Waals surface area (Å²) >= 11 is 1.42. The van der Waals surface area contributed by atoms with Crippen LogP contribution in [0.5, 0.6) is 11.5 Å². The van der Waals surface area contributed by atoms with E-state index in [-0.39, 0.29) is 12.3 Å². The fourth-order valence-electron chi connectivity index (χ4n) is 2.60. The van der Waals surface area contributed by atoms with Gasteiger partial charge >= 0.3 is 0 Å². The molecule has 0 radical (unpaired) electrons. The summed E-state index contributed by atoms with van der Waals surface area (Å²) in [6.45, 7) is 1.90. The number of amides is 1. The average molecular weight is 376 g/mol. The maximum atomic E-state index is 12.1. The van der Waals surface area contributed by atoms with Crippen LogP contribution in [0.15, 0.2) is 60.2 Å². The van der Waals surface area contributed by atoms with Gasteiger partial charge in [0.2, 0.25) is 5.91 Å². The Kier molecular flexibility index (Phi) is 4.76. The van der Waals surface area contributed by atoms with Gasteiger partial charge in [-0.25, -0.2) is 4.98 Å². The number of thiazole rings is 1. The van der Waals surface area contributed by atoms with Crippen molar-refractivity contribution in [2.24, 2.45) is 0 Å². The number of hydrogen-bond acceptors (Lipinski definition) is 6. The Morgan fingerprint density at radius 1 is 1.11 bits per heavy atom. The number of nitrogens with one attached hydrogen (secondary N) is 1. The van der Waals surface area contributed by atoms with Gasteiger partial charge in [-0.1, -0.05) is 12.1 Å². The summed E-state index contributed by atoms with van der Waals surface area (Å²) in [4.78, 5) is 25.0. The number of fused-ring (bicyclic) bond motifs is 1. The van der Waals surface area contributed by atoms with E-state index in [1.54, 1.807) is 18.5 Å². The highest BCUT2D eigenvalue weighted by molar-refractivity contribution is 7.13. The van der Waals surface area contributed by atoms with E-state index in [0.717, 1.165) is 16.8 Å². The Morgan fingerprint density at radius 3 is 2.74 bits per heavy atom. The molecule has 27 heavy (non-hydrogen) atoms. The Balaban J connectivity index is 1.43.